The monoisotopic (exact) mass is 240 g/mol. The molecule has 90 valence electrons. The molecule has 0 aliphatic heterocycles. The third-order valence-electron chi connectivity index (χ3n) is 2.96. The molecule has 0 atom stereocenters. The highest BCUT2D eigenvalue weighted by molar-refractivity contribution is 7.99. The van der Waals surface area contributed by atoms with Crippen LogP contribution in [0.4, 0.5) is 0 Å². The molecule has 0 spiro atoms. The number of thioether (sulfide) groups is 1. The molecule has 1 fully saturated rings. The average Bonchev–Trinajstić information content (AvgIpc) is 2.72. The Kier molecular flexibility index (Phi) is 4.72. The molecule has 1 aliphatic carbocycles. The van der Waals surface area contributed by atoms with Crippen LogP contribution in [-0.4, -0.2) is 23.3 Å². The van der Waals surface area contributed by atoms with E-state index in [4.69, 9.17) is 4.42 Å². The fourth-order valence-corrected chi connectivity index (χ4v) is 2.83. The molecule has 0 radical (unpaired) electrons. The minimum absolute atomic E-state index is 0.751. The smallest absolute Gasteiger partial charge is 0.255 e. The molecule has 0 bridgehead atoms. The zero-order valence-corrected chi connectivity index (χ0v) is 10.7. The molecule has 1 N–H and O–H groups in total. The summed E-state index contributed by atoms with van der Waals surface area (Å²) in [6.45, 7) is 3.00. The zero-order valence-electron chi connectivity index (χ0n) is 9.87. The molecule has 2 rings (SSSR count). The maximum Gasteiger partial charge on any atom is 0.255 e. The van der Waals surface area contributed by atoms with E-state index >= 15 is 0 Å². The Balaban J connectivity index is 1.57. The summed E-state index contributed by atoms with van der Waals surface area (Å²) in [5.41, 5.74) is 0.961. The van der Waals surface area contributed by atoms with Crippen LogP contribution in [0.5, 0.6) is 0 Å². The molecule has 0 amide bonds. The van der Waals surface area contributed by atoms with Gasteiger partial charge in [-0.15, -0.1) is 0 Å². The Morgan fingerprint density at radius 3 is 2.94 bits per heavy atom. The van der Waals surface area contributed by atoms with Gasteiger partial charge >= 0.3 is 0 Å². The van der Waals surface area contributed by atoms with E-state index in [1.807, 2.05) is 6.92 Å². The first-order chi connectivity index (χ1) is 7.84. The number of oxazole rings is 1. The van der Waals surface area contributed by atoms with Crippen LogP contribution in [0.15, 0.2) is 15.9 Å². The molecule has 1 aliphatic rings. The minimum atomic E-state index is 0.751. The molecule has 16 heavy (non-hydrogen) atoms. The fraction of sp³-hybridized carbons (Fsp3) is 0.750. The highest BCUT2D eigenvalue weighted by Crippen LogP contribution is 2.18. The lowest BCUT2D eigenvalue weighted by Crippen LogP contribution is -2.32. The first-order valence-electron chi connectivity index (χ1n) is 6.13. The third-order valence-corrected chi connectivity index (χ3v) is 3.81. The summed E-state index contributed by atoms with van der Waals surface area (Å²) >= 11 is 1.69. The van der Waals surface area contributed by atoms with E-state index in [9.17, 15) is 0 Å². The summed E-state index contributed by atoms with van der Waals surface area (Å²) in [7, 11) is 0. The summed E-state index contributed by atoms with van der Waals surface area (Å²) in [4.78, 5) is 4.26. The summed E-state index contributed by atoms with van der Waals surface area (Å²) in [5, 5.41) is 4.40. The molecule has 1 aromatic rings. The van der Waals surface area contributed by atoms with Gasteiger partial charge < -0.3 is 9.73 Å². The number of nitrogens with zero attached hydrogens (tertiary/aromatic N) is 1. The van der Waals surface area contributed by atoms with E-state index in [-0.39, 0.29) is 0 Å². The van der Waals surface area contributed by atoms with Crippen molar-refractivity contribution in [3.63, 3.8) is 0 Å². The van der Waals surface area contributed by atoms with Gasteiger partial charge in [-0.2, -0.15) is 0 Å². The second-order valence-corrected chi connectivity index (χ2v) is 5.44. The fourth-order valence-electron chi connectivity index (χ4n) is 2.11. The van der Waals surface area contributed by atoms with Crippen LogP contribution in [0.2, 0.25) is 0 Å². The molecule has 1 aromatic heterocycles. The van der Waals surface area contributed by atoms with Gasteiger partial charge in [-0.3, -0.25) is 0 Å². The SMILES string of the molecule is Cc1coc(SCCNC2CCCCC2)n1. The second-order valence-electron chi connectivity index (χ2n) is 4.39. The number of aryl methyl sites for hydroxylation is 1. The van der Waals surface area contributed by atoms with Crippen LogP contribution in [0, 0.1) is 6.92 Å². The van der Waals surface area contributed by atoms with Gasteiger partial charge in [-0.05, 0) is 19.8 Å². The lowest BCUT2D eigenvalue weighted by molar-refractivity contribution is 0.380. The third kappa shape index (κ3) is 3.83. The van der Waals surface area contributed by atoms with Crippen molar-refractivity contribution in [1.82, 2.24) is 10.3 Å². The Hall–Kier alpha value is -0.480. The Morgan fingerprint density at radius 1 is 1.44 bits per heavy atom. The Morgan fingerprint density at radius 2 is 2.25 bits per heavy atom. The highest BCUT2D eigenvalue weighted by Gasteiger charge is 2.12. The first-order valence-corrected chi connectivity index (χ1v) is 7.11. The molecule has 0 unspecified atom stereocenters. The van der Waals surface area contributed by atoms with Crippen molar-refractivity contribution in [1.29, 1.82) is 0 Å². The van der Waals surface area contributed by atoms with Crippen LogP contribution < -0.4 is 5.32 Å². The topological polar surface area (TPSA) is 38.1 Å². The van der Waals surface area contributed by atoms with Gasteiger partial charge in [0.05, 0.1) is 5.69 Å². The van der Waals surface area contributed by atoms with E-state index in [2.05, 4.69) is 10.3 Å². The molecule has 1 heterocycles. The lowest BCUT2D eigenvalue weighted by atomic mass is 9.96. The van der Waals surface area contributed by atoms with Crippen molar-refractivity contribution in [2.24, 2.45) is 0 Å². The van der Waals surface area contributed by atoms with Crippen molar-refractivity contribution >= 4 is 11.8 Å². The highest BCUT2D eigenvalue weighted by atomic mass is 32.2. The van der Waals surface area contributed by atoms with Crippen LogP contribution in [0.3, 0.4) is 0 Å². The van der Waals surface area contributed by atoms with E-state index in [0.717, 1.165) is 29.3 Å². The maximum absolute atomic E-state index is 5.28. The van der Waals surface area contributed by atoms with Crippen molar-refractivity contribution in [2.75, 3.05) is 12.3 Å². The van der Waals surface area contributed by atoms with Crippen molar-refractivity contribution in [2.45, 2.75) is 50.3 Å². The molecule has 4 heteroatoms. The van der Waals surface area contributed by atoms with Crippen LogP contribution in [0.25, 0.3) is 0 Å². The zero-order chi connectivity index (χ0) is 11.2. The maximum atomic E-state index is 5.28. The van der Waals surface area contributed by atoms with E-state index in [1.54, 1.807) is 18.0 Å². The molecule has 1 saturated carbocycles. The van der Waals surface area contributed by atoms with E-state index in [0.29, 0.717) is 0 Å². The average molecular weight is 240 g/mol. The predicted molar refractivity (Wildman–Crippen MR) is 66.8 cm³/mol. The van der Waals surface area contributed by atoms with Crippen molar-refractivity contribution in [3.8, 4) is 0 Å². The number of rotatable bonds is 5. The molecule has 3 nitrogen and oxygen atoms in total. The standard InChI is InChI=1S/C12H20N2OS/c1-10-9-15-12(14-10)16-8-7-13-11-5-3-2-4-6-11/h9,11,13H,2-8H2,1H3. The van der Waals surface area contributed by atoms with Crippen LogP contribution in [-0.2, 0) is 0 Å². The van der Waals surface area contributed by atoms with Gasteiger partial charge in [0, 0.05) is 18.3 Å². The predicted octanol–water partition coefficient (Wildman–Crippen LogP) is 3.00. The number of nitrogens with one attached hydrogen (secondary N) is 1. The molecular formula is C12H20N2OS. The summed E-state index contributed by atoms with van der Waals surface area (Å²) in [6, 6.07) is 0.751. The van der Waals surface area contributed by atoms with E-state index in [1.165, 1.54) is 32.1 Å². The summed E-state index contributed by atoms with van der Waals surface area (Å²) < 4.78 is 5.28. The number of hydrogen-bond acceptors (Lipinski definition) is 4. The van der Waals surface area contributed by atoms with Gasteiger partial charge in [0.1, 0.15) is 6.26 Å². The van der Waals surface area contributed by atoms with Crippen molar-refractivity contribution in [3.05, 3.63) is 12.0 Å². The van der Waals surface area contributed by atoms with E-state index < -0.39 is 0 Å². The Labute approximate surface area is 101 Å². The second kappa shape index (κ2) is 6.30. The number of hydrogen-bond donors (Lipinski definition) is 1. The Bertz CT molecular complexity index is 308. The van der Waals surface area contributed by atoms with Gasteiger partial charge in [-0.1, -0.05) is 31.0 Å². The molecular weight excluding hydrogens is 220 g/mol. The molecule has 0 aromatic carbocycles. The van der Waals surface area contributed by atoms with Gasteiger partial charge in [0.15, 0.2) is 0 Å². The number of aromatic nitrogens is 1. The van der Waals surface area contributed by atoms with Crippen LogP contribution >= 0.6 is 11.8 Å². The van der Waals surface area contributed by atoms with Crippen molar-refractivity contribution < 1.29 is 4.42 Å². The largest absolute Gasteiger partial charge is 0.440 e. The first kappa shape index (κ1) is 12.0. The van der Waals surface area contributed by atoms with Gasteiger partial charge in [0.2, 0.25) is 0 Å². The normalized spacial score (nSPS) is 17.8. The van der Waals surface area contributed by atoms with Crippen LogP contribution in [0.1, 0.15) is 37.8 Å². The summed E-state index contributed by atoms with van der Waals surface area (Å²) in [5.74, 6) is 1.04. The molecule has 0 saturated heterocycles. The minimum Gasteiger partial charge on any atom is -0.440 e. The lowest BCUT2D eigenvalue weighted by Gasteiger charge is -2.22. The van der Waals surface area contributed by atoms with Gasteiger partial charge in [0.25, 0.3) is 5.22 Å². The summed E-state index contributed by atoms with van der Waals surface area (Å²) in [6.07, 6.45) is 8.61. The van der Waals surface area contributed by atoms with Gasteiger partial charge in [-0.25, -0.2) is 4.98 Å². The quantitative estimate of drug-likeness (QED) is 0.634.